The van der Waals surface area contributed by atoms with Gasteiger partial charge in [-0.15, -0.1) is 36.3 Å². The Kier molecular flexibility index (Phi) is 6.70. The van der Waals surface area contributed by atoms with Crippen LogP contribution in [0.1, 0.15) is 20.8 Å². The molecule has 0 radical (unpaired) electrons. The number of fused-ring (bicyclic) bond motifs is 3. The molecule has 1 aliphatic carbocycles. The predicted molar refractivity (Wildman–Crippen MR) is 135 cm³/mol. The SMILES string of the molecule is CSc1sc(C(N)=O)c2c1-c1nc(Nc3cc(N4CCNCC4)ccc3OC(F)(F)F)ncc1CC2. The van der Waals surface area contributed by atoms with E-state index in [1.165, 1.54) is 29.2 Å². The Bertz CT molecular complexity index is 1310. The number of hydrogen-bond donors (Lipinski definition) is 3. The van der Waals surface area contributed by atoms with E-state index < -0.39 is 12.3 Å². The number of carbonyl (C=O) groups excluding carboxylic acids is 1. The second kappa shape index (κ2) is 9.79. The third-order valence-electron chi connectivity index (χ3n) is 6.05. The number of amides is 1. The number of nitrogens with two attached hydrogens (primary N) is 1. The van der Waals surface area contributed by atoms with Crippen LogP contribution in [0, 0.1) is 0 Å². The number of aromatic nitrogens is 2. The molecule has 8 nitrogen and oxygen atoms in total. The lowest BCUT2D eigenvalue weighted by Gasteiger charge is -2.30. The monoisotopic (exact) mass is 536 g/mol. The Morgan fingerprint density at radius 3 is 2.75 bits per heavy atom. The number of carbonyl (C=O) groups is 1. The van der Waals surface area contributed by atoms with E-state index in [1.807, 2.05) is 6.26 Å². The van der Waals surface area contributed by atoms with Gasteiger partial charge < -0.3 is 26.0 Å². The molecule has 3 aromatic rings. The zero-order chi connectivity index (χ0) is 25.4. The van der Waals surface area contributed by atoms with Crippen LogP contribution in [0.3, 0.4) is 0 Å². The number of thioether (sulfide) groups is 1. The second-order valence-electron chi connectivity index (χ2n) is 8.30. The zero-order valence-electron chi connectivity index (χ0n) is 19.2. The number of ether oxygens (including phenoxy) is 1. The van der Waals surface area contributed by atoms with Gasteiger partial charge in [-0.05, 0) is 48.4 Å². The topological polar surface area (TPSA) is 105 Å². The van der Waals surface area contributed by atoms with Crippen LogP contribution in [0.5, 0.6) is 5.75 Å². The summed E-state index contributed by atoms with van der Waals surface area (Å²) in [4.78, 5) is 23.6. The lowest BCUT2D eigenvalue weighted by atomic mass is 9.91. The molecule has 13 heteroatoms. The molecule has 2 aliphatic rings. The van der Waals surface area contributed by atoms with Crippen molar-refractivity contribution in [1.82, 2.24) is 15.3 Å². The molecule has 1 saturated heterocycles. The molecule has 1 fully saturated rings. The van der Waals surface area contributed by atoms with Crippen LogP contribution in [0.4, 0.5) is 30.5 Å². The van der Waals surface area contributed by atoms with Gasteiger partial charge in [-0.1, -0.05) is 0 Å². The number of anilines is 3. The lowest BCUT2D eigenvalue weighted by molar-refractivity contribution is -0.274. The highest BCUT2D eigenvalue weighted by atomic mass is 32.2. The van der Waals surface area contributed by atoms with Crippen molar-refractivity contribution in [2.75, 3.05) is 42.7 Å². The smallest absolute Gasteiger partial charge is 0.404 e. The minimum absolute atomic E-state index is 0.104. The number of hydrogen-bond acceptors (Lipinski definition) is 9. The maximum absolute atomic E-state index is 13.1. The normalized spacial score (nSPS) is 15.3. The first-order chi connectivity index (χ1) is 17.2. The summed E-state index contributed by atoms with van der Waals surface area (Å²) < 4.78 is 44.5. The van der Waals surface area contributed by atoms with Crippen LogP contribution >= 0.6 is 23.1 Å². The zero-order valence-corrected chi connectivity index (χ0v) is 20.9. The number of piperazine rings is 1. The van der Waals surface area contributed by atoms with Crippen molar-refractivity contribution in [2.45, 2.75) is 23.4 Å². The van der Waals surface area contributed by atoms with E-state index in [0.29, 0.717) is 23.4 Å². The maximum Gasteiger partial charge on any atom is 0.573 e. The van der Waals surface area contributed by atoms with Crippen molar-refractivity contribution < 1.29 is 22.7 Å². The fourth-order valence-corrected chi connectivity index (χ4v) is 6.40. The van der Waals surface area contributed by atoms with Gasteiger partial charge in [0, 0.05) is 43.6 Å². The van der Waals surface area contributed by atoms with E-state index in [1.54, 1.807) is 18.3 Å². The number of aryl methyl sites for hydroxylation is 1. The largest absolute Gasteiger partial charge is 0.573 e. The van der Waals surface area contributed by atoms with E-state index in [2.05, 4.69) is 30.2 Å². The summed E-state index contributed by atoms with van der Waals surface area (Å²) >= 11 is 2.83. The van der Waals surface area contributed by atoms with Crippen LogP contribution < -0.4 is 26.0 Å². The standard InChI is InChI=1S/C23H23F3N6O2S2/c1-35-21-17-14(19(36-21)20(27)33)4-2-12-11-29-22(31-18(12)17)30-15-10-13(32-8-6-28-7-9-32)3-5-16(15)34-23(24,25)26/h3,5,10-11,28H,2,4,6-9H2,1H3,(H2,27,33)(H,29,30,31). The van der Waals surface area contributed by atoms with Crippen molar-refractivity contribution in [3.8, 4) is 17.0 Å². The van der Waals surface area contributed by atoms with Gasteiger partial charge >= 0.3 is 6.36 Å². The number of halogens is 3. The van der Waals surface area contributed by atoms with Gasteiger partial charge in [0.2, 0.25) is 5.95 Å². The first-order valence-electron chi connectivity index (χ1n) is 11.2. The minimum Gasteiger partial charge on any atom is -0.404 e. The highest BCUT2D eigenvalue weighted by molar-refractivity contribution is 8.00. The molecule has 5 rings (SSSR count). The van der Waals surface area contributed by atoms with Gasteiger partial charge in [-0.2, -0.15) is 0 Å². The van der Waals surface area contributed by atoms with E-state index in [-0.39, 0.29) is 17.4 Å². The third-order valence-corrected chi connectivity index (χ3v) is 8.41. The molecule has 3 heterocycles. The highest BCUT2D eigenvalue weighted by Crippen LogP contribution is 2.46. The van der Waals surface area contributed by atoms with Crippen molar-refractivity contribution in [3.05, 3.63) is 40.4 Å². The first-order valence-corrected chi connectivity index (χ1v) is 13.3. The summed E-state index contributed by atoms with van der Waals surface area (Å²) in [5.41, 5.74) is 9.73. The number of alkyl halides is 3. The van der Waals surface area contributed by atoms with Crippen molar-refractivity contribution in [2.24, 2.45) is 5.73 Å². The fourth-order valence-electron chi connectivity index (χ4n) is 4.46. The third kappa shape index (κ3) is 4.95. The fraction of sp³-hybridized carbons (Fsp3) is 0.348. The second-order valence-corrected chi connectivity index (χ2v) is 10.4. The average molecular weight is 537 g/mol. The van der Waals surface area contributed by atoms with Crippen molar-refractivity contribution in [3.63, 3.8) is 0 Å². The van der Waals surface area contributed by atoms with Crippen LogP contribution in [0.15, 0.2) is 28.6 Å². The van der Waals surface area contributed by atoms with Gasteiger partial charge in [-0.25, -0.2) is 9.97 Å². The van der Waals surface area contributed by atoms with E-state index >= 15 is 0 Å². The van der Waals surface area contributed by atoms with Crippen LogP contribution in [-0.2, 0) is 12.8 Å². The number of nitrogens with zero attached hydrogens (tertiary/aromatic N) is 3. The van der Waals surface area contributed by atoms with Crippen molar-refractivity contribution >= 4 is 46.3 Å². The highest BCUT2D eigenvalue weighted by Gasteiger charge is 2.33. The van der Waals surface area contributed by atoms with Crippen LogP contribution in [0.2, 0.25) is 0 Å². The Morgan fingerprint density at radius 1 is 1.28 bits per heavy atom. The lowest BCUT2D eigenvalue weighted by Crippen LogP contribution is -2.43. The van der Waals surface area contributed by atoms with Crippen molar-refractivity contribution in [1.29, 1.82) is 0 Å². The summed E-state index contributed by atoms with van der Waals surface area (Å²) in [5.74, 6) is -0.726. The molecule has 1 amide bonds. The van der Waals surface area contributed by atoms with Gasteiger partial charge in [0.05, 0.1) is 20.5 Å². The molecule has 0 atom stereocenters. The molecule has 0 saturated carbocycles. The number of thiophene rings is 1. The molecule has 2 aromatic heterocycles. The quantitative estimate of drug-likeness (QED) is 0.403. The molecule has 0 bridgehead atoms. The molecule has 0 spiro atoms. The molecule has 1 aliphatic heterocycles. The number of primary amides is 1. The van der Waals surface area contributed by atoms with E-state index in [9.17, 15) is 18.0 Å². The maximum atomic E-state index is 13.1. The van der Waals surface area contributed by atoms with Crippen LogP contribution in [0.25, 0.3) is 11.3 Å². The Hall–Kier alpha value is -3.03. The molecular weight excluding hydrogens is 513 g/mol. The summed E-state index contributed by atoms with van der Waals surface area (Å²) in [6, 6.07) is 4.52. The predicted octanol–water partition coefficient (Wildman–Crippen LogP) is 4.18. The Labute approximate surface area is 213 Å². The first kappa shape index (κ1) is 24.7. The molecule has 4 N–H and O–H groups in total. The average Bonchev–Trinajstić information content (AvgIpc) is 3.24. The molecular formula is C23H23F3N6O2S2. The van der Waals surface area contributed by atoms with Gasteiger partial charge in [0.25, 0.3) is 5.91 Å². The summed E-state index contributed by atoms with van der Waals surface area (Å²) in [6.07, 6.45) is 0.00378. The molecule has 190 valence electrons. The van der Waals surface area contributed by atoms with Gasteiger partial charge in [0.1, 0.15) is 0 Å². The Balaban J connectivity index is 1.53. The Morgan fingerprint density at radius 2 is 2.06 bits per heavy atom. The van der Waals surface area contributed by atoms with Crippen LogP contribution in [-0.4, -0.2) is 54.7 Å². The van der Waals surface area contributed by atoms with Gasteiger partial charge in [0.15, 0.2) is 5.75 Å². The van der Waals surface area contributed by atoms with E-state index in [0.717, 1.165) is 52.8 Å². The van der Waals surface area contributed by atoms with E-state index in [4.69, 9.17) is 5.73 Å². The number of benzene rings is 1. The number of nitrogens with one attached hydrogen (secondary N) is 2. The molecule has 36 heavy (non-hydrogen) atoms. The van der Waals surface area contributed by atoms with Gasteiger partial charge in [-0.3, -0.25) is 4.79 Å². The molecule has 0 unspecified atom stereocenters. The summed E-state index contributed by atoms with van der Waals surface area (Å²) in [7, 11) is 0. The molecule has 1 aromatic carbocycles. The minimum atomic E-state index is -4.85. The number of rotatable bonds is 6. The summed E-state index contributed by atoms with van der Waals surface area (Å²) in [6.45, 7) is 3.03. The summed E-state index contributed by atoms with van der Waals surface area (Å²) in [5, 5.41) is 6.19.